The third-order valence-corrected chi connectivity index (χ3v) is 4.48. The maximum Gasteiger partial charge on any atom is 0.338 e. The molecule has 166 valence electrons. The second-order valence-corrected chi connectivity index (χ2v) is 6.95. The Bertz CT molecular complexity index is 836. The summed E-state index contributed by atoms with van der Waals surface area (Å²) in [5, 5.41) is 0. The molecule has 2 rings (SSSR count). The average molecular weight is 428 g/mol. The molecule has 0 N–H and O–H groups in total. The van der Waals surface area contributed by atoms with Crippen LogP contribution in [-0.2, 0) is 23.7 Å². The molecule has 0 amide bonds. The molecule has 0 aromatic heterocycles. The third-order valence-electron chi connectivity index (χ3n) is 4.48. The Morgan fingerprint density at radius 3 is 1.84 bits per heavy atom. The van der Waals surface area contributed by atoms with E-state index in [2.05, 4.69) is 0 Å². The lowest BCUT2D eigenvalue weighted by atomic mass is 10.1. The highest BCUT2D eigenvalue weighted by Crippen LogP contribution is 2.15. The molecule has 0 radical (unpaired) electrons. The van der Waals surface area contributed by atoms with E-state index in [1.807, 2.05) is 13.0 Å². The predicted octanol–water partition coefficient (Wildman–Crippen LogP) is 3.82. The van der Waals surface area contributed by atoms with Crippen LogP contribution < -0.4 is 0 Å². The summed E-state index contributed by atoms with van der Waals surface area (Å²) < 4.78 is 21.9. The highest BCUT2D eigenvalue weighted by Gasteiger charge is 2.26. The number of hydrogen-bond donors (Lipinski definition) is 0. The van der Waals surface area contributed by atoms with Crippen molar-refractivity contribution < 1.29 is 33.3 Å². The summed E-state index contributed by atoms with van der Waals surface area (Å²) in [5.74, 6) is -1.43. The molecular formula is C24H28O7. The van der Waals surface area contributed by atoms with Crippen molar-refractivity contribution in [1.29, 1.82) is 0 Å². The summed E-state index contributed by atoms with van der Waals surface area (Å²) >= 11 is 0. The monoisotopic (exact) mass is 428 g/mol. The highest BCUT2D eigenvalue weighted by molar-refractivity contribution is 5.89. The first-order valence-electron chi connectivity index (χ1n) is 10.2. The second kappa shape index (κ2) is 12.5. The molecule has 7 heteroatoms. The fourth-order valence-corrected chi connectivity index (χ4v) is 2.84. The van der Waals surface area contributed by atoms with Crippen LogP contribution in [0.3, 0.4) is 0 Å². The van der Waals surface area contributed by atoms with Crippen LogP contribution >= 0.6 is 0 Å². The second-order valence-electron chi connectivity index (χ2n) is 6.95. The van der Waals surface area contributed by atoms with E-state index in [1.165, 1.54) is 6.92 Å². The van der Waals surface area contributed by atoms with Crippen molar-refractivity contribution in [2.45, 2.75) is 45.5 Å². The lowest BCUT2D eigenvalue weighted by molar-refractivity contribution is -0.152. The van der Waals surface area contributed by atoms with Gasteiger partial charge in [-0.1, -0.05) is 43.3 Å². The zero-order chi connectivity index (χ0) is 22.6. The van der Waals surface area contributed by atoms with Gasteiger partial charge in [-0.25, -0.2) is 9.59 Å². The van der Waals surface area contributed by atoms with Crippen molar-refractivity contribution in [3.63, 3.8) is 0 Å². The first-order chi connectivity index (χ1) is 14.9. The van der Waals surface area contributed by atoms with Crippen LogP contribution in [0.1, 0.15) is 47.9 Å². The smallest absolute Gasteiger partial charge is 0.338 e. The fourth-order valence-electron chi connectivity index (χ4n) is 2.84. The van der Waals surface area contributed by atoms with Crippen molar-refractivity contribution in [2.75, 3.05) is 13.2 Å². The zero-order valence-corrected chi connectivity index (χ0v) is 18.0. The molecule has 0 saturated heterocycles. The molecule has 2 aromatic carbocycles. The summed E-state index contributed by atoms with van der Waals surface area (Å²) in [7, 11) is 0. The summed E-state index contributed by atoms with van der Waals surface area (Å²) in [6, 6.07) is 17.2. The molecule has 0 aliphatic carbocycles. The fraction of sp³-hybridized carbons (Fsp3) is 0.375. The van der Waals surface area contributed by atoms with Gasteiger partial charge in [0.1, 0.15) is 25.4 Å². The number of esters is 3. The Morgan fingerprint density at radius 1 is 0.806 bits per heavy atom. The van der Waals surface area contributed by atoms with Gasteiger partial charge in [0, 0.05) is 6.92 Å². The van der Waals surface area contributed by atoms with E-state index in [0.717, 1.165) is 0 Å². The summed E-state index contributed by atoms with van der Waals surface area (Å²) in [5.41, 5.74) is 0.850. The van der Waals surface area contributed by atoms with Crippen LogP contribution in [0.4, 0.5) is 0 Å². The molecule has 0 heterocycles. The Labute approximate surface area is 182 Å². The molecule has 31 heavy (non-hydrogen) atoms. The first kappa shape index (κ1) is 24.1. The van der Waals surface area contributed by atoms with Crippen molar-refractivity contribution in [3.8, 4) is 0 Å². The van der Waals surface area contributed by atoms with Gasteiger partial charge in [0.05, 0.1) is 17.2 Å². The van der Waals surface area contributed by atoms with Crippen LogP contribution in [0.15, 0.2) is 60.7 Å². The minimum absolute atomic E-state index is 0.0900. The zero-order valence-electron chi connectivity index (χ0n) is 18.0. The van der Waals surface area contributed by atoms with Gasteiger partial charge in [0.15, 0.2) is 0 Å². The quantitative estimate of drug-likeness (QED) is 0.397. The number of rotatable bonds is 11. The minimum atomic E-state index is -0.709. The van der Waals surface area contributed by atoms with E-state index >= 15 is 0 Å². The minimum Gasteiger partial charge on any atom is -0.463 e. The van der Waals surface area contributed by atoms with Crippen LogP contribution in [-0.4, -0.2) is 49.4 Å². The molecule has 0 fully saturated rings. The normalized spacial score (nSPS) is 13.5. The molecule has 3 atom stereocenters. The van der Waals surface area contributed by atoms with E-state index in [9.17, 15) is 14.4 Å². The Kier molecular flexibility index (Phi) is 9.71. The molecule has 0 aliphatic heterocycles. The van der Waals surface area contributed by atoms with Gasteiger partial charge in [-0.15, -0.1) is 0 Å². The summed E-state index contributed by atoms with van der Waals surface area (Å²) in [4.78, 5) is 35.8. The first-order valence-corrected chi connectivity index (χ1v) is 10.2. The maximum atomic E-state index is 12.3. The number of carbonyl (C=O) groups is 3. The van der Waals surface area contributed by atoms with Gasteiger partial charge < -0.3 is 18.9 Å². The van der Waals surface area contributed by atoms with E-state index in [-0.39, 0.29) is 13.2 Å². The van der Waals surface area contributed by atoms with E-state index in [0.29, 0.717) is 17.5 Å². The van der Waals surface area contributed by atoms with Crippen LogP contribution in [0.2, 0.25) is 0 Å². The molecule has 2 aromatic rings. The van der Waals surface area contributed by atoms with E-state index < -0.39 is 36.2 Å². The Hall–Kier alpha value is -3.19. The van der Waals surface area contributed by atoms with Crippen molar-refractivity contribution in [2.24, 2.45) is 0 Å². The highest BCUT2D eigenvalue weighted by atomic mass is 16.6. The number of ether oxygens (including phenoxy) is 4. The Morgan fingerprint density at radius 2 is 1.32 bits per heavy atom. The van der Waals surface area contributed by atoms with Gasteiger partial charge >= 0.3 is 17.9 Å². The molecule has 7 nitrogen and oxygen atoms in total. The maximum absolute atomic E-state index is 12.3. The molecule has 0 unspecified atom stereocenters. The van der Waals surface area contributed by atoms with Crippen LogP contribution in [0.5, 0.6) is 0 Å². The predicted molar refractivity (Wildman–Crippen MR) is 114 cm³/mol. The average Bonchev–Trinajstić information content (AvgIpc) is 2.79. The topological polar surface area (TPSA) is 88.1 Å². The third kappa shape index (κ3) is 8.22. The van der Waals surface area contributed by atoms with E-state index in [4.69, 9.17) is 18.9 Å². The summed E-state index contributed by atoms with van der Waals surface area (Å²) in [6.07, 6.45) is -1.22. The lowest BCUT2D eigenvalue weighted by Gasteiger charge is -2.28. The van der Waals surface area contributed by atoms with Crippen molar-refractivity contribution in [1.82, 2.24) is 0 Å². The number of hydrogen-bond acceptors (Lipinski definition) is 7. The summed E-state index contributed by atoms with van der Waals surface area (Å²) in [6.45, 7) is 4.70. The van der Waals surface area contributed by atoms with Gasteiger partial charge in [-0.05, 0) is 37.6 Å². The molecule has 0 spiro atoms. The lowest BCUT2D eigenvalue weighted by Crippen LogP contribution is -2.38. The molecule has 0 saturated carbocycles. The number of benzene rings is 2. The van der Waals surface area contributed by atoms with Gasteiger partial charge in [-0.2, -0.15) is 0 Å². The molecule has 0 aliphatic rings. The standard InChI is InChI=1S/C24H28O7/c1-4-22(17(2)30-24(27)20-13-9-6-10-14-20)31-21(15-28-18(3)25)16-29-23(26)19-11-7-5-8-12-19/h5-14,17,21-22H,4,15-16H2,1-3H3/t17-,21+,22+/m1/s1. The van der Waals surface area contributed by atoms with Crippen molar-refractivity contribution in [3.05, 3.63) is 71.8 Å². The van der Waals surface area contributed by atoms with Gasteiger partial charge in [0.25, 0.3) is 0 Å². The Balaban J connectivity index is 1.98. The number of carbonyl (C=O) groups excluding carboxylic acids is 3. The van der Waals surface area contributed by atoms with Gasteiger partial charge in [0.2, 0.25) is 0 Å². The molecule has 0 bridgehead atoms. The van der Waals surface area contributed by atoms with Crippen LogP contribution in [0, 0.1) is 0 Å². The van der Waals surface area contributed by atoms with Gasteiger partial charge in [-0.3, -0.25) is 4.79 Å². The van der Waals surface area contributed by atoms with E-state index in [1.54, 1.807) is 61.5 Å². The molecular weight excluding hydrogens is 400 g/mol. The SMILES string of the molecule is CC[C@H](O[C@@H](COC(C)=O)COC(=O)c1ccccc1)[C@@H](C)OC(=O)c1ccccc1. The van der Waals surface area contributed by atoms with Crippen LogP contribution in [0.25, 0.3) is 0 Å². The van der Waals surface area contributed by atoms with Crippen molar-refractivity contribution >= 4 is 17.9 Å². The largest absolute Gasteiger partial charge is 0.463 e.